The van der Waals surface area contributed by atoms with Gasteiger partial charge in [0.15, 0.2) is 0 Å². The summed E-state index contributed by atoms with van der Waals surface area (Å²) < 4.78 is 13.0. The number of nitrogens with one attached hydrogen (secondary N) is 1. The molecule has 4 rings (SSSR count). The fourth-order valence-electron chi connectivity index (χ4n) is 4.92. The van der Waals surface area contributed by atoms with E-state index >= 15 is 0 Å². The Balaban J connectivity index is 1.23. The molecule has 1 aliphatic heterocycles. The number of halogens is 1. The smallest absolute Gasteiger partial charge is 0.223 e. The first-order chi connectivity index (χ1) is 11.7. The van der Waals surface area contributed by atoms with E-state index in [1.807, 2.05) is 12.1 Å². The van der Waals surface area contributed by atoms with Crippen LogP contribution in [0.4, 0.5) is 4.39 Å². The SMILES string of the molecule is O=C(N[C@@H]1C[C@H]2CC[C@H]1C2)C1CCN(Cc2ccc(F)cc2)CC1. The fourth-order valence-corrected chi connectivity index (χ4v) is 4.92. The predicted molar refractivity (Wildman–Crippen MR) is 91.8 cm³/mol. The molecule has 4 heteroatoms. The summed E-state index contributed by atoms with van der Waals surface area (Å²) in [6, 6.07) is 7.19. The first-order valence-electron chi connectivity index (χ1n) is 9.44. The molecule has 24 heavy (non-hydrogen) atoms. The van der Waals surface area contributed by atoms with Gasteiger partial charge in [-0.05, 0) is 74.7 Å². The van der Waals surface area contributed by atoms with Gasteiger partial charge in [-0.15, -0.1) is 0 Å². The topological polar surface area (TPSA) is 32.3 Å². The Morgan fingerprint density at radius 3 is 2.46 bits per heavy atom. The Labute approximate surface area is 143 Å². The zero-order chi connectivity index (χ0) is 16.5. The normalized spacial score (nSPS) is 30.6. The van der Waals surface area contributed by atoms with Crippen molar-refractivity contribution in [2.75, 3.05) is 13.1 Å². The monoisotopic (exact) mass is 330 g/mol. The number of hydrogen-bond donors (Lipinski definition) is 1. The minimum Gasteiger partial charge on any atom is -0.353 e. The summed E-state index contributed by atoms with van der Waals surface area (Å²) in [7, 11) is 0. The first kappa shape index (κ1) is 16.1. The van der Waals surface area contributed by atoms with Gasteiger partial charge in [0.2, 0.25) is 5.91 Å². The quantitative estimate of drug-likeness (QED) is 0.918. The summed E-state index contributed by atoms with van der Waals surface area (Å²) in [5, 5.41) is 3.35. The lowest BCUT2D eigenvalue weighted by atomic mass is 9.92. The molecule has 0 unspecified atom stereocenters. The molecule has 1 heterocycles. The van der Waals surface area contributed by atoms with Crippen molar-refractivity contribution >= 4 is 5.91 Å². The Morgan fingerprint density at radius 2 is 1.83 bits per heavy atom. The highest BCUT2D eigenvalue weighted by atomic mass is 19.1. The van der Waals surface area contributed by atoms with E-state index < -0.39 is 0 Å². The van der Waals surface area contributed by atoms with Crippen LogP contribution in [0, 0.1) is 23.6 Å². The molecule has 3 aliphatic rings. The van der Waals surface area contributed by atoms with Gasteiger partial charge < -0.3 is 5.32 Å². The van der Waals surface area contributed by atoms with Crippen molar-refractivity contribution < 1.29 is 9.18 Å². The minimum absolute atomic E-state index is 0.175. The van der Waals surface area contributed by atoms with Crippen molar-refractivity contribution in [2.45, 2.75) is 51.1 Å². The van der Waals surface area contributed by atoms with Crippen LogP contribution in [0.1, 0.15) is 44.1 Å². The molecule has 3 fully saturated rings. The van der Waals surface area contributed by atoms with Gasteiger partial charge in [-0.1, -0.05) is 18.6 Å². The van der Waals surface area contributed by atoms with E-state index in [2.05, 4.69) is 10.2 Å². The number of benzene rings is 1. The van der Waals surface area contributed by atoms with Gasteiger partial charge in [-0.3, -0.25) is 9.69 Å². The Kier molecular flexibility index (Phi) is 4.57. The second-order valence-electron chi connectivity index (χ2n) is 7.97. The lowest BCUT2D eigenvalue weighted by Crippen LogP contribution is -2.45. The van der Waals surface area contributed by atoms with Crippen LogP contribution in [0.15, 0.2) is 24.3 Å². The Morgan fingerprint density at radius 1 is 1.08 bits per heavy atom. The van der Waals surface area contributed by atoms with Crippen molar-refractivity contribution in [3.8, 4) is 0 Å². The van der Waals surface area contributed by atoms with E-state index in [1.54, 1.807) is 0 Å². The summed E-state index contributed by atoms with van der Waals surface area (Å²) in [6.45, 7) is 2.75. The largest absolute Gasteiger partial charge is 0.353 e. The van der Waals surface area contributed by atoms with Crippen LogP contribution in [0.5, 0.6) is 0 Å². The van der Waals surface area contributed by atoms with Crippen LogP contribution in [0.3, 0.4) is 0 Å². The van der Waals surface area contributed by atoms with Crippen molar-refractivity contribution in [3.63, 3.8) is 0 Å². The Hall–Kier alpha value is -1.42. The van der Waals surface area contributed by atoms with Gasteiger partial charge in [0, 0.05) is 18.5 Å². The van der Waals surface area contributed by atoms with E-state index in [0.717, 1.165) is 49.9 Å². The van der Waals surface area contributed by atoms with Crippen LogP contribution in [0.2, 0.25) is 0 Å². The first-order valence-corrected chi connectivity index (χ1v) is 9.44. The predicted octanol–water partition coefficient (Wildman–Crippen LogP) is 3.34. The number of rotatable bonds is 4. The molecule has 1 N–H and O–H groups in total. The summed E-state index contributed by atoms with van der Waals surface area (Å²) in [6.07, 6.45) is 7.10. The number of carbonyl (C=O) groups excluding carboxylic acids is 1. The third-order valence-electron chi connectivity index (χ3n) is 6.34. The molecular weight excluding hydrogens is 303 g/mol. The molecule has 2 aliphatic carbocycles. The number of likely N-dealkylation sites (tertiary alicyclic amines) is 1. The van der Waals surface area contributed by atoms with Crippen molar-refractivity contribution in [2.24, 2.45) is 17.8 Å². The summed E-state index contributed by atoms with van der Waals surface area (Å²) >= 11 is 0. The molecule has 1 aromatic rings. The number of hydrogen-bond acceptors (Lipinski definition) is 2. The van der Waals surface area contributed by atoms with E-state index in [-0.39, 0.29) is 17.6 Å². The maximum atomic E-state index is 13.0. The molecule has 2 bridgehead atoms. The molecule has 3 nitrogen and oxygen atoms in total. The number of nitrogens with zero attached hydrogens (tertiary/aromatic N) is 1. The highest BCUT2D eigenvalue weighted by Gasteiger charge is 2.40. The third-order valence-corrected chi connectivity index (χ3v) is 6.34. The van der Waals surface area contributed by atoms with Gasteiger partial charge in [0.1, 0.15) is 5.82 Å². The van der Waals surface area contributed by atoms with E-state index in [1.165, 1.54) is 37.8 Å². The van der Waals surface area contributed by atoms with Crippen LogP contribution >= 0.6 is 0 Å². The number of carbonyl (C=O) groups is 1. The molecule has 0 aromatic heterocycles. The second kappa shape index (κ2) is 6.83. The van der Waals surface area contributed by atoms with Crippen LogP contribution in [0.25, 0.3) is 0 Å². The van der Waals surface area contributed by atoms with E-state index in [9.17, 15) is 9.18 Å². The van der Waals surface area contributed by atoms with Crippen molar-refractivity contribution in [3.05, 3.63) is 35.6 Å². The number of amides is 1. The zero-order valence-corrected chi connectivity index (χ0v) is 14.2. The molecular formula is C20H27FN2O. The molecule has 130 valence electrons. The fraction of sp³-hybridized carbons (Fsp3) is 0.650. The van der Waals surface area contributed by atoms with E-state index in [0.29, 0.717) is 6.04 Å². The van der Waals surface area contributed by atoms with Gasteiger partial charge in [-0.2, -0.15) is 0 Å². The second-order valence-corrected chi connectivity index (χ2v) is 7.97. The maximum Gasteiger partial charge on any atom is 0.223 e. The Bertz CT molecular complexity index is 580. The lowest BCUT2D eigenvalue weighted by molar-refractivity contribution is -0.127. The summed E-state index contributed by atoms with van der Waals surface area (Å²) in [5.74, 6) is 1.90. The average molecular weight is 330 g/mol. The molecule has 1 amide bonds. The lowest BCUT2D eigenvalue weighted by Gasteiger charge is -2.32. The van der Waals surface area contributed by atoms with Crippen molar-refractivity contribution in [1.29, 1.82) is 0 Å². The maximum absolute atomic E-state index is 13.0. The summed E-state index contributed by atoms with van der Waals surface area (Å²) in [4.78, 5) is 14.9. The average Bonchev–Trinajstić information content (AvgIpc) is 3.20. The van der Waals surface area contributed by atoms with Crippen LogP contribution in [-0.2, 0) is 11.3 Å². The zero-order valence-electron chi connectivity index (χ0n) is 14.2. The third kappa shape index (κ3) is 3.49. The summed E-state index contributed by atoms with van der Waals surface area (Å²) in [5.41, 5.74) is 1.14. The van der Waals surface area contributed by atoms with Gasteiger partial charge in [0.05, 0.1) is 0 Å². The number of piperidine rings is 1. The highest BCUT2D eigenvalue weighted by Crippen LogP contribution is 2.44. The number of fused-ring (bicyclic) bond motifs is 2. The highest BCUT2D eigenvalue weighted by molar-refractivity contribution is 5.79. The standard InChI is InChI=1S/C20H27FN2O/c21-18-5-2-14(3-6-18)13-23-9-7-16(8-10-23)20(24)22-19-12-15-1-4-17(19)11-15/h2-3,5-6,15-17,19H,1,4,7-13H2,(H,22,24)/t15-,17-,19+/m0/s1. The molecule has 0 spiro atoms. The van der Waals surface area contributed by atoms with E-state index in [4.69, 9.17) is 0 Å². The minimum atomic E-state index is -0.185. The molecule has 0 radical (unpaired) electrons. The molecule has 3 atom stereocenters. The molecule has 2 saturated carbocycles. The molecule has 1 aromatic carbocycles. The van der Waals surface area contributed by atoms with Gasteiger partial charge in [-0.25, -0.2) is 4.39 Å². The van der Waals surface area contributed by atoms with Crippen LogP contribution in [-0.4, -0.2) is 29.9 Å². The van der Waals surface area contributed by atoms with Gasteiger partial charge >= 0.3 is 0 Å². The van der Waals surface area contributed by atoms with Crippen LogP contribution < -0.4 is 5.32 Å². The molecule has 1 saturated heterocycles. The van der Waals surface area contributed by atoms with Gasteiger partial charge in [0.25, 0.3) is 0 Å². The van der Waals surface area contributed by atoms with Crippen molar-refractivity contribution in [1.82, 2.24) is 10.2 Å².